The fourth-order valence-electron chi connectivity index (χ4n) is 1.73. The SMILES string of the molecule is CCNC(=O)NCC1CCN(C)CC1. The lowest BCUT2D eigenvalue weighted by atomic mass is 9.97. The molecule has 0 spiro atoms. The molecule has 0 radical (unpaired) electrons. The van der Waals surface area contributed by atoms with E-state index in [4.69, 9.17) is 0 Å². The van der Waals surface area contributed by atoms with Gasteiger partial charge in [0.25, 0.3) is 0 Å². The summed E-state index contributed by atoms with van der Waals surface area (Å²) in [4.78, 5) is 13.5. The molecule has 2 amide bonds. The zero-order chi connectivity index (χ0) is 10.4. The number of urea groups is 1. The Hall–Kier alpha value is -0.770. The number of nitrogens with zero attached hydrogens (tertiary/aromatic N) is 1. The van der Waals surface area contributed by atoms with E-state index in [9.17, 15) is 4.79 Å². The van der Waals surface area contributed by atoms with Gasteiger partial charge in [-0.25, -0.2) is 4.79 Å². The molecule has 4 nitrogen and oxygen atoms in total. The maximum atomic E-state index is 11.1. The monoisotopic (exact) mass is 199 g/mol. The zero-order valence-electron chi connectivity index (χ0n) is 9.18. The summed E-state index contributed by atoms with van der Waals surface area (Å²) in [5.41, 5.74) is 0. The lowest BCUT2D eigenvalue weighted by Gasteiger charge is -2.28. The van der Waals surface area contributed by atoms with Gasteiger partial charge in [-0.3, -0.25) is 0 Å². The number of hydrogen-bond donors (Lipinski definition) is 2. The smallest absolute Gasteiger partial charge is 0.314 e. The first-order chi connectivity index (χ1) is 6.72. The summed E-state index contributed by atoms with van der Waals surface area (Å²) in [6, 6.07) is -0.0357. The molecule has 14 heavy (non-hydrogen) atoms. The quantitative estimate of drug-likeness (QED) is 0.701. The van der Waals surface area contributed by atoms with Crippen molar-refractivity contribution in [1.29, 1.82) is 0 Å². The van der Waals surface area contributed by atoms with Gasteiger partial charge in [0, 0.05) is 13.1 Å². The number of piperidine rings is 1. The highest BCUT2D eigenvalue weighted by molar-refractivity contribution is 5.73. The number of carbonyl (C=O) groups excluding carboxylic acids is 1. The summed E-state index contributed by atoms with van der Waals surface area (Å²) in [6.07, 6.45) is 2.39. The van der Waals surface area contributed by atoms with Gasteiger partial charge < -0.3 is 15.5 Å². The average molecular weight is 199 g/mol. The van der Waals surface area contributed by atoms with Crippen LogP contribution in [0.3, 0.4) is 0 Å². The number of rotatable bonds is 3. The number of nitrogens with one attached hydrogen (secondary N) is 2. The van der Waals surface area contributed by atoms with Crippen molar-refractivity contribution in [2.45, 2.75) is 19.8 Å². The maximum absolute atomic E-state index is 11.1. The third kappa shape index (κ3) is 3.96. The van der Waals surface area contributed by atoms with Crippen molar-refractivity contribution in [3.05, 3.63) is 0 Å². The highest BCUT2D eigenvalue weighted by atomic mass is 16.2. The molecule has 82 valence electrons. The highest BCUT2D eigenvalue weighted by Gasteiger charge is 2.16. The summed E-state index contributed by atoms with van der Waals surface area (Å²) >= 11 is 0. The second kappa shape index (κ2) is 5.86. The van der Waals surface area contributed by atoms with Crippen LogP contribution in [0.15, 0.2) is 0 Å². The van der Waals surface area contributed by atoms with Crippen LogP contribution in [0.1, 0.15) is 19.8 Å². The minimum atomic E-state index is -0.0357. The second-order valence-electron chi connectivity index (χ2n) is 3.99. The van der Waals surface area contributed by atoms with Crippen LogP contribution in [-0.4, -0.2) is 44.2 Å². The average Bonchev–Trinajstić information content (AvgIpc) is 2.17. The van der Waals surface area contributed by atoms with Gasteiger partial charge in [-0.1, -0.05) is 0 Å². The molecule has 0 bridgehead atoms. The molecule has 1 fully saturated rings. The lowest BCUT2D eigenvalue weighted by molar-refractivity contribution is 0.210. The van der Waals surface area contributed by atoms with Crippen molar-refractivity contribution < 1.29 is 4.79 Å². The van der Waals surface area contributed by atoms with Crippen LogP contribution in [0.2, 0.25) is 0 Å². The van der Waals surface area contributed by atoms with Gasteiger partial charge in [0.05, 0.1) is 0 Å². The standard InChI is InChI=1S/C10H21N3O/c1-3-11-10(14)12-8-9-4-6-13(2)7-5-9/h9H,3-8H2,1-2H3,(H2,11,12,14). The molecular weight excluding hydrogens is 178 g/mol. The van der Waals surface area contributed by atoms with Crippen LogP contribution in [0.4, 0.5) is 4.79 Å². The van der Waals surface area contributed by atoms with Gasteiger partial charge in [0.1, 0.15) is 0 Å². The molecule has 0 atom stereocenters. The number of amides is 2. The van der Waals surface area contributed by atoms with Gasteiger partial charge in [-0.05, 0) is 45.8 Å². The Labute approximate surface area is 86.0 Å². The fourth-order valence-corrected chi connectivity index (χ4v) is 1.73. The topological polar surface area (TPSA) is 44.4 Å². The van der Waals surface area contributed by atoms with Gasteiger partial charge >= 0.3 is 6.03 Å². The highest BCUT2D eigenvalue weighted by Crippen LogP contribution is 2.14. The number of carbonyl (C=O) groups is 1. The first-order valence-electron chi connectivity index (χ1n) is 5.42. The van der Waals surface area contributed by atoms with Gasteiger partial charge in [0.2, 0.25) is 0 Å². The van der Waals surface area contributed by atoms with Gasteiger partial charge in [0.15, 0.2) is 0 Å². The van der Waals surface area contributed by atoms with Gasteiger partial charge in [-0.15, -0.1) is 0 Å². The molecule has 1 rings (SSSR count). The number of likely N-dealkylation sites (tertiary alicyclic amines) is 1. The second-order valence-corrected chi connectivity index (χ2v) is 3.99. The predicted octanol–water partition coefficient (Wildman–Crippen LogP) is 0.647. The van der Waals surface area contributed by atoms with Crippen molar-refractivity contribution >= 4 is 6.03 Å². The Morgan fingerprint density at radius 3 is 2.57 bits per heavy atom. The molecule has 4 heteroatoms. The molecule has 0 aromatic heterocycles. The predicted molar refractivity (Wildman–Crippen MR) is 57.3 cm³/mol. The molecule has 0 unspecified atom stereocenters. The molecule has 0 aliphatic carbocycles. The molecule has 0 aromatic carbocycles. The minimum absolute atomic E-state index is 0.0357. The van der Waals surface area contributed by atoms with E-state index in [0.717, 1.165) is 19.6 Å². The van der Waals surface area contributed by atoms with Crippen LogP contribution < -0.4 is 10.6 Å². The molecule has 1 heterocycles. The Morgan fingerprint density at radius 1 is 1.36 bits per heavy atom. The van der Waals surface area contributed by atoms with E-state index in [0.29, 0.717) is 12.5 Å². The van der Waals surface area contributed by atoms with Crippen molar-refractivity contribution in [2.75, 3.05) is 33.2 Å². The van der Waals surface area contributed by atoms with E-state index in [1.165, 1.54) is 12.8 Å². The molecular formula is C10H21N3O. The van der Waals surface area contributed by atoms with E-state index in [1.807, 2.05) is 6.92 Å². The van der Waals surface area contributed by atoms with E-state index >= 15 is 0 Å². The first-order valence-corrected chi connectivity index (χ1v) is 5.42. The Morgan fingerprint density at radius 2 is 2.00 bits per heavy atom. The third-order valence-corrected chi connectivity index (χ3v) is 2.73. The molecule has 1 saturated heterocycles. The van der Waals surface area contributed by atoms with Crippen molar-refractivity contribution in [2.24, 2.45) is 5.92 Å². The molecule has 1 aliphatic rings. The van der Waals surface area contributed by atoms with Crippen molar-refractivity contribution in [3.8, 4) is 0 Å². The van der Waals surface area contributed by atoms with Gasteiger partial charge in [-0.2, -0.15) is 0 Å². The van der Waals surface area contributed by atoms with Crippen LogP contribution >= 0.6 is 0 Å². The van der Waals surface area contributed by atoms with Crippen molar-refractivity contribution in [1.82, 2.24) is 15.5 Å². The fraction of sp³-hybridized carbons (Fsp3) is 0.900. The van der Waals surface area contributed by atoms with Crippen LogP contribution in [0.25, 0.3) is 0 Å². The Bertz CT molecular complexity index is 176. The Balaban J connectivity index is 2.09. The zero-order valence-corrected chi connectivity index (χ0v) is 9.18. The van der Waals surface area contributed by atoms with E-state index in [-0.39, 0.29) is 6.03 Å². The lowest BCUT2D eigenvalue weighted by Crippen LogP contribution is -2.41. The molecule has 2 N–H and O–H groups in total. The third-order valence-electron chi connectivity index (χ3n) is 2.73. The first kappa shape index (κ1) is 11.3. The summed E-state index contributed by atoms with van der Waals surface area (Å²) < 4.78 is 0. The summed E-state index contributed by atoms with van der Waals surface area (Å²) in [7, 11) is 2.15. The van der Waals surface area contributed by atoms with Crippen LogP contribution in [0, 0.1) is 5.92 Å². The molecule has 1 aliphatic heterocycles. The minimum Gasteiger partial charge on any atom is -0.338 e. The summed E-state index contributed by atoms with van der Waals surface area (Å²) in [5.74, 6) is 0.661. The van der Waals surface area contributed by atoms with Crippen LogP contribution in [0.5, 0.6) is 0 Å². The summed E-state index contributed by atoms with van der Waals surface area (Å²) in [6.45, 7) is 5.75. The van der Waals surface area contributed by atoms with E-state index in [1.54, 1.807) is 0 Å². The maximum Gasteiger partial charge on any atom is 0.314 e. The molecule has 0 saturated carbocycles. The van der Waals surface area contributed by atoms with Crippen molar-refractivity contribution in [3.63, 3.8) is 0 Å². The molecule has 0 aromatic rings. The van der Waals surface area contributed by atoms with E-state index in [2.05, 4.69) is 22.6 Å². The van der Waals surface area contributed by atoms with Crippen LogP contribution in [-0.2, 0) is 0 Å². The largest absolute Gasteiger partial charge is 0.338 e. The number of hydrogen-bond acceptors (Lipinski definition) is 2. The Kier molecular flexibility index (Phi) is 4.73. The van der Waals surface area contributed by atoms with E-state index < -0.39 is 0 Å². The normalized spacial score (nSPS) is 19.3. The summed E-state index contributed by atoms with van der Waals surface area (Å²) in [5, 5.41) is 5.63.